The molecular formula is C13H20N2O. The second-order valence-electron chi connectivity index (χ2n) is 4.20. The molecule has 16 heavy (non-hydrogen) atoms. The van der Waals surface area contributed by atoms with Crippen LogP contribution in [0.5, 0.6) is 0 Å². The van der Waals surface area contributed by atoms with Gasteiger partial charge in [-0.1, -0.05) is 25.5 Å². The molecule has 88 valence electrons. The smallest absolute Gasteiger partial charge is 0.253 e. The van der Waals surface area contributed by atoms with E-state index in [0.717, 1.165) is 18.4 Å². The molecule has 0 aliphatic heterocycles. The van der Waals surface area contributed by atoms with Gasteiger partial charge in [0.25, 0.3) is 5.91 Å². The maximum atomic E-state index is 11.9. The average molecular weight is 220 g/mol. The first kappa shape index (κ1) is 12.6. The monoisotopic (exact) mass is 220 g/mol. The van der Waals surface area contributed by atoms with Crippen molar-refractivity contribution >= 4 is 11.6 Å². The lowest BCUT2D eigenvalue weighted by Gasteiger charge is -2.14. The summed E-state index contributed by atoms with van der Waals surface area (Å²) in [7, 11) is 0. The van der Waals surface area contributed by atoms with Crippen molar-refractivity contribution in [1.82, 2.24) is 5.32 Å². The van der Waals surface area contributed by atoms with E-state index >= 15 is 0 Å². The zero-order valence-electron chi connectivity index (χ0n) is 10.2. The molecule has 1 unspecified atom stereocenters. The van der Waals surface area contributed by atoms with Gasteiger partial charge in [0.1, 0.15) is 0 Å². The highest BCUT2D eigenvalue weighted by Crippen LogP contribution is 2.16. The molecule has 3 nitrogen and oxygen atoms in total. The van der Waals surface area contributed by atoms with E-state index in [9.17, 15) is 4.79 Å². The Hall–Kier alpha value is -1.51. The minimum Gasteiger partial charge on any atom is -0.398 e. The van der Waals surface area contributed by atoms with Gasteiger partial charge in [0.15, 0.2) is 0 Å². The fourth-order valence-corrected chi connectivity index (χ4v) is 1.69. The Morgan fingerprint density at radius 2 is 2.19 bits per heavy atom. The van der Waals surface area contributed by atoms with Crippen LogP contribution in [0.1, 0.15) is 42.6 Å². The minimum atomic E-state index is -0.0813. The van der Waals surface area contributed by atoms with Gasteiger partial charge in [-0.05, 0) is 31.9 Å². The number of aryl methyl sites for hydroxylation is 1. The summed E-state index contributed by atoms with van der Waals surface area (Å²) in [5, 5.41) is 2.95. The topological polar surface area (TPSA) is 55.1 Å². The van der Waals surface area contributed by atoms with Gasteiger partial charge in [-0.3, -0.25) is 4.79 Å². The highest BCUT2D eigenvalue weighted by atomic mass is 16.1. The van der Waals surface area contributed by atoms with E-state index in [0.29, 0.717) is 11.3 Å². The molecule has 0 bridgehead atoms. The molecule has 1 atom stereocenters. The Kier molecular flexibility index (Phi) is 4.35. The third kappa shape index (κ3) is 2.99. The van der Waals surface area contributed by atoms with Gasteiger partial charge in [0, 0.05) is 11.7 Å². The van der Waals surface area contributed by atoms with E-state index in [2.05, 4.69) is 12.2 Å². The number of hydrogen-bond acceptors (Lipinski definition) is 2. The van der Waals surface area contributed by atoms with Crippen molar-refractivity contribution in [2.24, 2.45) is 0 Å². The Morgan fingerprint density at radius 1 is 1.50 bits per heavy atom. The largest absolute Gasteiger partial charge is 0.398 e. The van der Waals surface area contributed by atoms with Crippen LogP contribution in [0.25, 0.3) is 0 Å². The summed E-state index contributed by atoms with van der Waals surface area (Å²) in [6.45, 7) is 6.01. The van der Waals surface area contributed by atoms with Crippen LogP contribution in [-0.2, 0) is 0 Å². The van der Waals surface area contributed by atoms with Crippen molar-refractivity contribution in [3.63, 3.8) is 0 Å². The van der Waals surface area contributed by atoms with Crippen LogP contribution < -0.4 is 11.1 Å². The molecule has 1 rings (SSSR count). The minimum absolute atomic E-state index is 0.0813. The normalized spacial score (nSPS) is 12.2. The molecular weight excluding hydrogens is 200 g/mol. The number of carbonyl (C=O) groups is 1. The number of nitrogens with two attached hydrogens (primary N) is 1. The van der Waals surface area contributed by atoms with E-state index < -0.39 is 0 Å². The van der Waals surface area contributed by atoms with Gasteiger partial charge in [-0.15, -0.1) is 0 Å². The lowest BCUT2D eigenvalue weighted by molar-refractivity contribution is 0.0939. The molecule has 0 saturated carbocycles. The summed E-state index contributed by atoms with van der Waals surface area (Å²) in [4.78, 5) is 11.9. The number of para-hydroxylation sites is 1. The molecule has 1 amide bonds. The maximum absolute atomic E-state index is 11.9. The molecule has 0 aliphatic rings. The average Bonchev–Trinajstić information content (AvgIpc) is 2.22. The van der Waals surface area contributed by atoms with Crippen LogP contribution in [0.2, 0.25) is 0 Å². The molecule has 0 heterocycles. The first-order valence-electron chi connectivity index (χ1n) is 5.72. The van der Waals surface area contributed by atoms with Crippen molar-refractivity contribution in [2.45, 2.75) is 39.7 Å². The van der Waals surface area contributed by atoms with Crippen LogP contribution in [-0.4, -0.2) is 11.9 Å². The summed E-state index contributed by atoms with van der Waals surface area (Å²) in [6, 6.07) is 5.71. The number of nitrogen functional groups attached to an aromatic ring is 1. The van der Waals surface area contributed by atoms with Gasteiger partial charge >= 0.3 is 0 Å². The quantitative estimate of drug-likeness (QED) is 0.766. The fraction of sp³-hybridized carbons (Fsp3) is 0.462. The van der Waals surface area contributed by atoms with Gasteiger partial charge in [-0.2, -0.15) is 0 Å². The van der Waals surface area contributed by atoms with Crippen LogP contribution in [0.4, 0.5) is 5.69 Å². The van der Waals surface area contributed by atoms with Gasteiger partial charge < -0.3 is 11.1 Å². The van der Waals surface area contributed by atoms with Gasteiger partial charge in [-0.25, -0.2) is 0 Å². The molecule has 0 radical (unpaired) electrons. The lowest BCUT2D eigenvalue weighted by Crippen LogP contribution is -2.32. The van der Waals surface area contributed by atoms with Gasteiger partial charge in [0.2, 0.25) is 0 Å². The summed E-state index contributed by atoms with van der Waals surface area (Å²) in [6.07, 6.45) is 2.04. The molecule has 0 aromatic heterocycles. The van der Waals surface area contributed by atoms with E-state index in [-0.39, 0.29) is 11.9 Å². The fourth-order valence-electron chi connectivity index (χ4n) is 1.69. The first-order chi connectivity index (χ1) is 7.56. The second-order valence-corrected chi connectivity index (χ2v) is 4.20. The predicted molar refractivity (Wildman–Crippen MR) is 67.4 cm³/mol. The SMILES string of the molecule is CCCC(C)NC(=O)c1cccc(C)c1N. The molecule has 0 fully saturated rings. The van der Waals surface area contributed by atoms with Crippen LogP contribution in [0.15, 0.2) is 18.2 Å². The van der Waals surface area contributed by atoms with Crippen molar-refractivity contribution in [2.75, 3.05) is 5.73 Å². The van der Waals surface area contributed by atoms with Crippen molar-refractivity contribution in [3.05, 3.63) is 29.3 Å². The number of amides is 1. The maximum Gasteiger partial charge on any atom is 0.253 e. The number of nitrogens with one attached hydrogen (secondary N) is 1. The zero-order valence-corrected chi connectivity index (χ0v) is 10.2. The summed E-state index contributed by atoms with van der Waals surface area (Å²) < 4.78 is 0. The molecule has 1 aromatic rings. The summed E-state index contributed by atoms with van der Waals surface area (Å²) in [5.41, 5.74) is 7.96. The molecule has 0 saturated heterocycles. The number of carbonyl (C=O) groups excluding carboxylic acids is 1. The van der Waals surface area contributed by atoms with Gasteiger partial charge in [0.05, 0.1) is 5.56 Å². The Labute approximate surface area is 97.0 Å². The molecule has 3 N–H and O–H groups in total. The highest BCUT2D eigenvalue weighted by Gasteiger charge is 2.12. The van der Waals surface area contributed by atoms with Crippen LogP contribution in [0.3, 0.4) is 0 Å². The Morgan fingerprint density at radius 3 is 2.81 bits per heavy atom. The van der Waals surface area contributed by atoms with Crippen molar-refractivity contribution < 1.29 is 4.79 Å². The lowest BCUT2D eigenvalue weighted by atomic mass is 10.1. The zero-order chi connectivity index (χ0) is 12.1. The van der Waals surface area contributed by atoms with Crippen molar-refractivity contribution in [1.29, 1.82) is 0 Å². The highest BCUT2D eigenvalue weighted by molar-refractivity contribution is 5.99. The van der Waals surface area contributed by atoms with Crippen LogP contribution in [0, 0.1) is 6.92 Å². The van der Waals surface area contributed by atoms with E-state index in [1.54, 1.807) is 6.07 Å². The third-order valence-corrected chi connectivity index (χ3v) is 2.67. The molecule has 1 aromatic carbocycles. The summed E-state index contributed by atoms with van der Waals surface area (Å²) >= 11 is 0. The van der Waals surface area contributed by atoms with Crippen LogP contribution >= 0.6 is 0 Å². The Balaban J connectivity index is 2.77. The molecule has 0 aliphatic carbocycles. The summed E-state index contributed by atoms with van der Waals surface area (Å²) in [5.74, 6) is -0.0813. The van der Waals surface area contributed by atoms with Crippen molar-refractivity contribution in [3.8, 4) is 0 Å². The number of anilines is 1. The predicted octanol–water partition coefficient (Wildman–Crippen LogP) is 2.50. The number of hydrogen-bond donors (Lipinski definition) is 2. The third-order valence-electron chi connectivity index (χ3n) is 2.67. The number of rotatable bonds is 4. The second kappa shape index (κ2) is 5.54. The standard InChI is InChI=1S/C13H20N2O/c1-4-6-10(3)15-13(16)11-8-5-7-9(2)12(11)14/h5,7-8,10H,4,6,14H2,1-3H3,(H,15,16). The van der Waals surface area contributed by atoms with E-state index in [4.69, 9.17) is 5.73 Å². The van der Waals surface area contributed by atoms with E-state index in [1.807, 2.05) is 26.0 Å². The first-order valence-corrected chi connectivity index (χ1v) is 5.72. The molecule has 3 heteroatoms. The Bertz CT molecular complexity index is 374. The van der Waals surface area contributed by atoms with E-state index in [1.165, 1.54) is 0 Å². The molecule has 0 spiro atoms. The number of benzene rings is 1.